The van der Waals surface area contributed by atoms with Gasteiger partial charge in [0.25, 0.3) is 5.91 Å². The van der Waals surface area contributed by atoms with Gasteiger partial charge in [0.15, 0.2) is 5.78 Å². The Bertz CT molecular complexity index is 1450. The molecule has 3 aliphatic heterocycles. The van der Waals surface area contributed by atoms with E-state index in [1.165, 1.54) is 12.3 Å². The monoisotopic (exact) mass is 612 g/mol. The van der Waals surface area contributed by atoms with Gasteiger partial charge in [0.1, 0.15) is 28.6 Å². The second kappa shape index (κ2) is 9.42. The lowest BCUT2D eigenvalue weighted by Crippen LogP contribution is -2.85. The Morgan fingerprint density at radius 2 is 1.91 bits per heavy atom. The molecule has 230 valence electrons. The van der Waals surface area contributed by atoms with E-state index in [1.807, 2.05) is 13.8 Å². The highest BCUT2D eigenvalue weighted by Crippen LogP contribution is 2.76. The van der Waals surface area contributed by atoms with Crippen LogP contribution in [0.2, 0.25) is 5.15 Å². The van der Waals surface area contributed by atoms with Crippen molar-refractivity contribution >= 4 is 35.0 Å². The molecule has 3 saturated heterocycles. The van der Waals surface area contributed by atoms with Crippen LogP contribution in [0.5, 0.6) is 0 Å². The number of aromatic nitrogens is 1. The molecule has 0 unspecified atom stereocenters. The number of aliphatic hydroxyl groups is 2. The van der Waals surface area contributed by atoms with Crippen LogP contribution in [-0.2, 0) is 23.9 Å². The number of esters is 1. The average Bonchev–Trinajstić information content (AvgIpc) is 3.09. The summed E-state index contributed by atoms with van der Waals surface area (Å²) in [5.74, 6) is -5.97. The summed E-state index contributed by atoms with van der Waals surface area (Å²) < 4.78 is 12.3. The normalized spacial score (nSPS) is 41.6. The van der Waals surface area contributed by atoms with Crippen LogP contribution in [0.1, 0.15) is 62.7 Å². The number of pyridine rings is 1. The van der Waals surface area contributed by atoms with E-state index in [2.05, 4.69) is 11.6 Å². The van der Waals surface area contributed by atoms with E-state index in [0.717, 1.165) is 0 Å². The number of Topliss-reactive ketones (excluding diaryl/α,β-unsaturated/α-hetero) is 2. The fourth-order valence-corrected chi connectivity index (χ4v) is 10.2. The molecule has 2 spiro atoms. The number of carbonyl (C=O) groups excluding carboxylic acids is 4. The Balaban J connectivity index is 1.18. The maximum absolute atomic E-state index is 14.3. The maximum Gasteiger partial charge on any atom is 0.309 e. The van der Waals surface area contributed by atoms with E-state index in [0.29, 0.717) is 50.8 Å². The lowest BCUT2D eigenvalue weighted by molar-refractivity contribution is -0.437. The molecule has 4 saturated carbocycles. The third-order valence-electron chi connectivity index (χ3n) is 12.0. The Kier molecular flexibility index (Phi) is 6.37. The summed E-state index contributed by atoms with van der Waals surface area (Å²) in [5.41, 5.74) is -2.83. The first kappa shape index (κ1) is 29.1. The van der Waals surface area contributed by atoms with E-state index < -0.39 is 69.7 Å². The van der Waals surface area contributed by atoms with Gasteiger partial charge in [-0.25, -0.2) is 4.98 Å². The van der Waals surface area contributed by atoms with Gasteiger partial charge in [0.05, 0.1) is 17.9 Å². The smallest absolute Gasteiger partial charge is 0.309 e. The van der Waals surface area contributed by atoms with Gasteiger partial charge in [-0.3, -0.25) is 19.2 Å². The van der Waals surface area contributed by atoms with Gasteiger partial charge in [0.2, 0.25) is 5.79 Å². The molecule has 1 amide bonds. The van der Waals surface area contributed by atoms with Crippen LogP contribution in [0.3, 0.4) is 0 Å². The molecule has 2 N–H and O–H groups in total. The number of hydrogen-bond acceptors (Lipinski definition) is 9. The Hall–Kier alpha value is -2.66. The van der Waals surface area contributed by atoms with Crippen molar-refractivity contribution in [1.82, 2.24) is 9.88 Å². The molecule has 4 bridgehead atoms. The molecule has 4 heterocycles. The molecule has 0 radical (unpaired) electrons. The lowest BCUT2D eigenvalue weighted by Gasteiger charge is -2.73. The minimum absolute atomic E-state index is 0.0663. The van der Waals surface area contributed by atoms with Crippen molar-refractivity contribution in [2.45, 2.75) is 70.4 Å². The van der Waals surface area contributed by atoms with Crippen molar-refractivity contribution in [3.05, 3.63) is 41.2 Å². The zero-order valence-electron chi connectivity index (χ0n) is 24.4. The van der Waals surface area contributed by atoms with Crippen LogP contribution in [-0.4, -0.2) is 81.2 Å². The quantitative estimate of drug-likeness (QED) is 0.299. The molecule has 8 rings (SSSR count). The van der Waals surface area contributed by atoms with Crippen molar-refractivity contribution in [2.24, 2.45) is 39.9 Å². The van der Waals surface area contributed by atoms with Crippen LogP contribution in [0.25, 0.3) is 0 Å². The lowest BCUT2D eigenvalue weighted by atomic mass is 9.36. The third-order valence-corrected chi connectivity index (χ3v) is 12.2. The van der Waals surface area contributed by atoms with Gasteiger partial charge in [-0.15, -0.1) is 0 Å². The number of ketones is 2. The van der Waals surface area contributed by atoms with Gasteiger partial charge >= 0.3 is 5.97 Å². The molecule has 43 heavy (non-hydrogen) atoms. The van der Waals surface area contributed by atoms with Gasteiger partial charge in [-0.05, 0) is 61.1 Å². The molecule has 11 heteroatoms. The predicted octanol–water partition coefficient (Wildman–Crippen LogP) is 2.74. The Labute approximate surface area is 254 Å². The highest BCUT2D eigenvalue weighted by molar-refractivity contribution is 6.29. The number of halogens is 1. The summed E-state index contributed by atoms with van der Waals surface area (Å²) >= 11 is 5.95. The van der Waals surface area contributed by atoms with Crippen LogP contribution < -0.4 is 0 Å². The summed E-state index contributed by atoms with van der Waals surface area (Å²) in [5, 5.41) is 24.4. The predicted molar refractivity (Wildman–Crippen MR) is 151 cm³/mol. The molecule has 7 aliphatic rings. The number of aliphatic hydroxyl groups excluding tert-OH is 1. The van der Waals surface area contributed by atoms with Crippen molar-refractivity contribution in [2.75, 3.05) is 19.7 Å². The number of likely N-dealkylation sites (tertiary alicyclic amines) is 1. The van der Waals surface area contributed by atoms with Gasteiger partial charge in [-0.1, -0.05) is 32.0 Å². The molecule has 0 aromatic carbocycles. The first-order chi connectivity index (χ1) is 20.3. The van der Waals surface area contributed by atoms with Crippen molar-refractivity contribution in [3.8, 4) is 0 Å². The van der Waals surface area contributed by atoms with E-state index in [-0.39, 0.29) is 35.4 Å². The van der Waals surface area contributed by atoms with Crippen molar-refractivity contribution < 1.29 is 38.9 Å². The molecule has 4 aliphatic carbocycles. The average molecular weight is 613 g/mol. The molecule has 10 nitrogen and oxygen atoms in total. The highest BCUT2D eigenvalue weighted by Gasteiger charge is 2.88. The van der Waals surface area contributed by atoms with E-state index in [4.69, 9.17) is 21.1 Å². The number of carbonyl (C=O) groups is 4. The second-order valence-electron chi connectivity index (χ2n) is 14.1. The van der Waals surface area contributed by atoms with Crippen LogP contribution in [0.15, 0.2) is 30.5 Å². The zero-order valence-corrected chi connectivity index (χ0v) is 25.1. The van der Waals surface area contributed by atoms with E-state index in [1.54, 1.807) is 11.0 Å². The van der Waals surface area contributed by atoms with Crippen molar-refractivity contribution in [3.63, 3.8) is 0 Å². The number of nitrogens with zero attached hydrogens (tertiary/aromatic N) is 2. The number of fused-ring (bicyclic) bond motifs is 2. The molecule has 8 atom stereocenters. The molecule has 1 aromatic heterocycles. The first-order valence-corrected chi connectivity index (χ1v) is 15.6. The van der Waals surface area contributed by atoms with E-state index in [9.17, 15) is 29.4 Å². The fourth-order valence-electron chi connectivity index (χ4n) is 10.0. The SMILES string of the molecule is C=C1C(=O)[C@]23[C@H](OC(=O)C4CCN(C(=O)c5ccnc(Cl)c5)CC4)[C@H]1CC[C@H]2[C@@]12CO[C@@]3(O)[C@@H](O)[C@@H]1C(C)(C)CCC2=O. The standard InChI is InChI=1S/C32H37ClN2O8/c1-16-19-4-5-20-30-15-42-32(41,25(38)23(30)29(2,3)10-6-21(30)36)31(20,24(16)37)26(19)43-28(40)17-8-12-35(13-9-17)27(39)18-7-11-34-22(33)14-18/h7,11,14,17,19-20,23,25-26,38,41H,1,4-6,8-10,12-13,15H2,2-3H3/t19-,20-,23+,25-,26+,30+,31-,32-/m0/s1. The van der Waals surface area contributed by atoms with Crippen LogP contribution in [0, 0.1) is 39.9 Å². The summed E-state index contributed by atoms with van der Waals surface area (Å²) in [6.07, 6.45) is 1.32. The topological polar surface area (TPSA) is 143 Å². The summed E-state index contributed by atoms with van der Waals surface area (Å²) in [6, 6.07) is 3.10. The van der Waals surface area contributed by atoms with Crippen molar-refractivity contribution in [1.29, 1.82) is 0 Å². The number of amides is 1. The largest absolute Gasteiger partial charge is 0.460 e. The number of ether oxygens (including phenoxy) is 2. The maximum atomic E-state index is 14.3. The third kappa shape index (κ3) is 3.55. The number of hydrogen-bond donors (Lipinski definition) is 2. The summed E-state index contributed by atoms with van der Waals surface area (Å²) in [6.45, 7) is 8.60. The zero-order chi connectivity index (χ0) is 30.7. The minimum Gasteiger partial charge on any atom is -0.460 e. The molecule has 1 aromatic rings. The number of rotatable bonds is 3. The first-order valence-electron chi connectivity index (χ1n) is 15.2. The van der Waals surface area contributed by atoms with E-state index >= 15 is 0 Å². The van der Waals surface area contributed by atoms with Crippen LogP contribution >= 0.6 is 11.6 Å². The highest BCUT2D eigenvalue weighted by atomic mass is 35.5. The van der Waals surface area contributed by atoms with Gasteiger partial charge < -0.3 is 24.6 Å². The van der Waals surface area contributed by atoms with Gasteiger partial charge in [0, 0.05) is 43.1 Å². The van der Waals surface area contributed by atoms with Crippen LogP contribution in [0.4, 0.5) is 0 Å². The Morgan fingerprint density at radius 3 is 2.60 bits per heavy atom. The minimum atomic E-state index is -2.33. The molecular weight excluding hydrogens is 576 g/mol. The molecular formula is C32H37ClN2O8. The molecule has 7 fully saturated rings. The van der Waals surface area contributed by atoms with Gasteiger partial charge in [-0.2, -0.15) is 0 Å². The number of piperidine rings is 1. The summed E-state index contributed by atoms with van der Waals surface area (Å²) in [4.78, 5) is 60.4. The fraction of sp³-hybridized carbons (Fsp3) is 0.656. The Morgan fingerprint density at radius 1 is 1.19 bits per heavy atom. The second-order valence-corrected chi connectivity index (χ2v) is 14.5. The summed E-state index contributed by atoms with van der Waals surface area (Å²) in [7, 11) is 0.